The summed E-state index contributed by atoms with van der Waals surface area (Å²) in [5.41, 5.74) is 9.26. The number of aliphatic hydroxyl groups excluding tert-OH is 3. The molecule has 2 aromatic carbocycles. The molecule has 0 radical (unpaired) electrons. The third-order valence-corrected chi connectivity index (χ3v) is 3.88. The van der Waals surface area contributed by atoms with Crippen LogP contribution in [-0.4, -0.2) is 54.8 Å². The smallest absolute Gasteiger partial charge is 0.142 e. The highest BCUT2D eigenvalue weighted by molar-refractivity contribution is 5.85. The normalized spacial score (nSPS) is 10.2. The first-order valence-corrected chi connectivity index (χ1v) is 8.60. The Morgan fingerprint density at radius 3 is 2.19 bits per heavy atom. The number of hydrogen-bond acceptors (Lipinski definition) is 7. The fourth-order valence-corrected chi connectivity index (χ4v) is 2.60. The molecule has 0 aromatic heterocycles. The molecule has 6 N–H and O–H groups in total. The highest BCUT2D eigenvalue weighted by Gasteiger charge is 2.07. The second kappa shape index (κ2) is 12.2. The third-order valence-electron chi connectivity index (χ3n) is 3.88. The maximum Gasteiger partial charge on any atom is 0.142 e. The van der Waals surface area contributed by atoms with Crippen LogP contribution in [0.25, 0.3) is 0 Å². The zero-order valence-corrected chi connectivity index (χ0v) is 16.0. The van der Waals surface area contributed by atoms with Crippen LogP contribution in [-0.2, 0) is 6.54 Å². The zero-order chi connectivity index (χ0) is 18.8. The number of anilines is 3. The van der Waals surface area contributed by atoms with Crippen molar-refractivity contribution in [2.45, 2.75) is 6.54 Å². The zero-order valence-electron chi connectivity index (χ0n) is 15.2. The second-order valence-electron chi connectivity index (χ2n) is 5.78. The number of ether oxygens (including phenoxy) is 1. The van der Waals surface area contributed by atoms with Crippen molar-refractivity contribution in [2.24, 2.45) is 0 Å². The van der Waals surface area contributed by atoms with Gasteiger partial charge in [-0.3, -0.25) is 0 Å². The molecule has 0 atom stereocenters. The van der Waals surface area contributed by atoms with Crippen molar-refractivity contribution in [3.63, 3.8) is 0 Å². The van der Waals surface area contributed by atoms with E-state index in [9.17, 15) is 0 Å². The summed E-state index contributed by atoms with van der Waals surface area (Å²) in [5.74, 6) is 0.641. The minimum Gasteiger partial charge on any atom is -0.489 e. The van der Waals surface area contributed by atoms with Crippen molar-refractivity contribution in [1.82, 2.24) is 0 Å². The Balaban J connectivity index is 0.00000364. The van der Waals surface area contributed by atoms with E-state index in [1.807, 2.05) is 29.2 Å². The van der Waals surface area contributed by atoms with Gasteiger partial charge in [0.2, 0.25) is 0 Å². The van der Waals surface area contributed by atoms with Crippen molar-refractivity contribution in [3.8, 4) is 5.75 Å². The Kier molecular flexibility index (Phi) is 10.4. The molecular formula is C19H28ClN3O4. The minimum absolute atomic E-state index is 0. The number of nitrogens with two attached hydrogens (primary N) is 1. The van der Waals surface area contributed by atoms with Crippen LogP contribution in [0.1, 0.15) is 5.56 Å². The average Bonchev–Trinajstić information content (AvgIpc) is 2.66. The van der Waals surface area contributed by atoms with Gasteiger partial charge in [-0.1, -0.05) is 12.1 Å². The summed E-state index contributed by atoms with van der Waals surface area (Å²) in [7, 11) is 0. The fraction of sp³-hybridized carbons (Fsp3) is 0.368. The molecule has 0 bridgehead atoms. The van der Waals surface area contributed by atoms with Crippen LogP contribution in [0.5, 0.6) is 5.75 Å². The molecule has 0 saturated heterocycles. The Morgan fingerprint density at radius 1 is 0.926 bits per heavy atom. The van der Waals surface area contributed by atoms with Gasteiger partial charge in [0.1, 0.15) is 12.4 Å². The summed E-state index contributed by atoms with van der Waals surface area (Å²) >= 11 is 0. The highest BCUT2D eigenvalue weighted by Crippen LogP contribution is 2.27. The largest absolute Gasteiger partial charge is 0.489 e. The lowest BCUT2D eigenvalue weighted by Crippen LogP contribution is -2.29. The van der Waals surface area contributed by atoms with E-state index in [0.717, 1.165) is 16.9 Å². The van der Waals surface area contributed by atoms with Gasteiger partial charge in [0.25, 0.3) is 0 Å². The third kappa shape index (κ3) is 7.15. The molecule has 0 fully saturated rings. The summed E-state index contributed by atoms with van der Waals surface area (Å²) in [4.78, 5) is 1.93. The highest BCUT2D eigenvalue weighted by atomic mass is 35.5. The van der Waals surface area contributed by atoms with Crippen molar-refractivity contribution >= 4 is 29.5 Å². The predicted molar refractivity (Wildman–Crippen MR) is 111 cm³/mol. The number of aliphatic hydroxyl groups is 3. The van der Waals surface area contributed by atoms with E-state index in [-0.39, 0.29) is 38.8 Å². The van der Waals surface area contributed by atoms with E-state index in [1.54, 1.807) is 18.2 Å². The second-order valence-corrected chi connectivity index (χ2v) is 5.78. The molecule has 8 heteroatoms. The molecule has 2 aromatic rings. The monoisotopic (exact) mass is 397 g/mol. The number of rotatable bonds is 11. The summed E-state index contributed by atoms with van der Waals surface area (Å²) in [6, 6.07) is 13.2. The van der Waals surface area contributed by atoms with Crippen LogP contribution >= 0.6 is 12.4 Å². The van der Waals surface area contributed by atoms with Gasteiger partial charge >= 0.3 is 0 Å². The number of nitrogens with zero attached hydrogens (tertiary/aromatic N) is 1. The molecule has 0 spiro atoms. The van der Waals surface area contributed by atoms with Gasteiger partial charge in [-0.15, -0.1) is 12.4 Å². The van der Waals surface area contributed by atoms with Gasteiger partial charge in [0.15, 0.2) is 0 Å². The summed E-state index contributed by atoms with van der Waals surface area (Å²) in [6.07, 6.45) is 0. The molecule has 0 aliphatic rings. The Labute approximate surface area is 165 Å². The van der Waals surface area contributed by atoms with Gasteiger partial charge in [0.05, 0.1) is 25.5 Å². The molecule has 0 aliphatic heterocycles. The first-order valence-electron chi connectivity index (χ1n) is 8.60. The molecule has 150 valence electrons. The summed E-state index contributed by atoms with van der Waals surface area (Å²) in [5, 5.41) is 30.5. The lowest BCUT2D eigenvalue weighted by atomic mass is 10.1. The number of benzene rings is 2. The van der Waals surface area contributed by atoms with Crippen LogP contribution in [0.15, 0.2) is 42.5 Å². The first-order chi connectivity index (χ1) is 12.7. The number of halogens is 1. The molecular weight excluding hydrogens is 370 g/mol. The fourth-order valence-electron chi connectivity index (χ4n) is 2.60. The van der Waals surface area contributed by atoms with Gasteiger partial charge in [-0.05, 0) is 35.9 Å². The Bertz CT molecular complexity index is 665. The van der Waals surface area contributed by atoms with Crippen LogP contribution in [0.2, 0.25) is 0 Å². The quantitative estimate of drug-likeness (QED) is 0.365. The van der Waals surface area contributed by atoms with Crippen LogP contribution in [0.3, 0.4) is 0 Å². The molecule has 7 nitrogen and oxygen atoms in total. The maximum absolute atomic E-state index is 9.13. The lowest BCUT2D eigenvalue weighted by molar-refractivity contribution is 0.202. The SMILES string of the molecule is Cl.Nc1ccc(OCCO)c(NCc2ccc(N(CCO)CCO)cc2)c1. The van der Waals surface area contributed by atoms with Crippen LogP contribution < -0.4 is 20.7 Å². The molecule has 2 rings (SSSR count). The Morgan fingerprint density at radius 2 is 1.59 bits per heavy atom. The average molecular weight is 398 g/mol. The molecule has 0 heterocycles. The van der Waals surface area contributed by atoms with E-state index in [2.05, 4.69) is 5.32 Å². The van der Waals surface area contributed by atoms with Gasteiger partial charge in [-0.25, -0.2) is 0 Å². The van der Waals surface area contributed by atoms with Crippen molar-refractivity contribution < 1.29 is 20.1 Å². The Hall–Kier alpha value is -2.19. The van der Waals surface area contributed by atoms with Crippen molar-refractivity contribution in [2.75, 3.05) is 55.5 Å². The van der Waals surface area contributed by atoms with E-state index < -0.39 is 0 Å². The predicted octanol–water partition coefficient (Wildman–Crippen LogP) is 1.46. The van der Waals surface area contributed by atoms with Crippen LogP contribution in [0, 0.1) is 0 Å². The maximum atomic E-state index is 9.13. The first kappa shape index (κ1) is 22.9. The van der Waals surface area contributed by atoms with E-state index >= 15 is 0 Å². The van der Waals surface area contributed by atoms with Crippen molar-refractivity contribution in [3.05, 3.63) is 48.0 Å². The number of hydrogen-bond donors (Lipinski definition) is 5. The van der Waals surface area contributed by atoms with Gasteiger partial charge in [0, 0.05) is 31.0 Å². The van der Waals surface area contributed by atoms with Gasteiger partial charge < -0.3 is 36.0 Å². The van der Waals surface area contributed by atoms with Crippen LogP contribution in [0.4, 0.5) is 17.1 Å². The standard InChI is InChI=1S/C19H27N3O4.ClH/c20-16-3-6-19(26-12-11-25)18(13-16)21-14-15-1-4-17(5-2-15)22(7-9-23)8-10-24;/h1-6,13,21,23-25H,7-12,14,20H2;1H. The van der Waals surface area contributed by atoms with E-state index in [1.165, 1.54) is 0 Å². The molecule has 0 saturated carbocycles. The van der Waals surface area contributed by atoms with Gasteiger partial charge in [-0.2, -0.15) is 0 Å². The number of nitrogens with one attached hydrogen (secondary N) is 1. The molecule has 0 aliphatic carbocycles. The lowest BCUT2D eigenvalue weighted by Gasteiger charge is -2.23. The summed E-state index contributed by atoms with van der Waals surface area (Å²) in [6.45, 7) is 1.78. The van der Waals surface area contributed by atoms with Crippen molar-refractivity contribution in [1.29, 1.82) is 0 Å². The van der Waals surface area contributed by atoms with E-state index in [0.29, 0.717) is 31.1 Å². The number of nitrogen functional groups attached to an aromatic ring is 1. The molecule has 27 heavy (non-hydrogen) atoms. The topological polar surface area (TPSA) is 111 Å². The van der Waals surface area contributed by atoms with E-state index in [4.69, 9.17) is 25.8 Å². The minimum atomic E-state index is -0.0521. The summed E-state index contributed by atoms with van der Waals surface area (Å²) < 4.78 is 5.51. The molecule has 0 amide bonds. The molecule has 0 unspecified atom stereocenters.